The van der Waals surface area contributed by atoms with E-state index in [9.17, 15) is 13.2 Å². The number of nitrogens with one attached hydrogen (secondary N) is 1. The third kappa shape index (κ3) is 4.52. The Hall–Kier alpha value is -0.920. The molecule has 1 saturated heterocycles. The van der Waals surface area contributed by atoms with Gasteiger partial charge in [-0.2, -0.15) is 0 Å². The molecule has 1 aliphatic heterocycles. The molecule has 0 bridgehead atoms. The van der Waals surface area contributed by atoms with Crippen molar-refractivity contribution in [2.45, 2.75) is 29.5 Å². The molecule has 1 aromatic carbocycles. The van der Waals surface area contributed by atoms with Crippen molar-refractivity contribution in [3.8, 4) is 0 Å². The van der Waals surface area contributed by atoms with Gasteiger partial charge in [0.25, 0.3) is 0 Å². The number of nitrogens with zero attached hydrogens (tertiary/aromatic N) is 1. The van der Waals surface area contributed by atoms with Gasteiger partial charge < -0.3 is 4.90 Å². The summed E-state index contributed by atoms with van der Waals surface area (Å²) in [6.45, 7) is 1.75. The van der Waals surface area contributed by atoms with Crippen molar-refractivity contribution in [2.24, 2.45) is 0 Å². The second-order valence-corrected chi connectivity index (χ2v) is 7.34. The predicted octanol–water partition coefficient (Wildman–Crippen LogP) is 1.87. The Morgan fingerprint density at radius 3 is 2.52 bits per heavy atom. The number of likely N-dealkylation sites (tertiary alicyclic amines) is 1. The molecule has 2 rings (SSSR count). The summed E-state index contributed by atoms with van der Waals surface area (Å²) in [4.78, 5) is 13.5. The lowest BCUT2D eigenvalue weighted by Gasteiger charge is -2.15. The van der Waals surface area contributed by atoms with Crippen LogP contribution in [0.2, 0.25) is 0 Å². The molecule has 1 fully saturated rings. The molecule has 5 nitrogen and oxygen atoms in total. The molecule has 0 aromatic heterocycles. The van der Waals surface area contributed by atoms with Crippen LogP contribution < -0.4 is 4.72 Å². The van der Waals surface area contributed by atoms with E-state index in [0.717, 1.165) is 18.5 Å². The van der Waals surface area contributed by atoms with Gasteiger partial charge in [0.2, 0.25) is 15.9 Å². The quantitative estimate of drug-likeness (QED) is 0.585. The molecule has 1 aliphatic rings. The lowest BCUT2D eigenvalue weighted by atomic mass is 10.2. The topological polar surface area (TPSA) is 66.5 Å². The van der Waals surface area contributed by atoms with Gasteiger partial charge in [-0.25, -0.2) is 13.1 Å². The Morgan fingerprint density at radius 1 is 1.24 bits per heavy atom. The molecule has 0 atom stereocenters. The number of hydrogen-bond donors (Lipinski definition) is 1. The molecule has 21 heavy (non-hydrogen) atoms. The van der Waals surface area contributed by atoms with Crippen molar-refractivity contribution in [2.75, 3.05) is 19.6 Å². The van der Waals surface area contributed by atoms with Crippen LogP contribution in [-0.4, -0.2) is 38.9 Å². The predicted molar refractivity (Wildman–Crippen MR) is 84.7 cm³/mol. The van der Waals surface area contributed by atoms with Gasteiger partial charge in [-0.15, -0.1) is 0 Å². The number of hydrogen-bond acceptors (Lipinski definition) is 3. The average molecular weight is 375 g/mol. The van der Waals surface area contributed by atoms with Crippen molar-refractivity contribution in [3.05, 3.63) is 29.8 Å². The fraction of sp³-hybridized carbons (Fsp3) is 0.500. The van der Waals surface area contributed by atoms with Crippen LogP contribution in [0.1, 0.15) is 24.8 Å². The standard InChI is InChI=1S/C14H19BrN2O3S/c15-11-12-4-6-13(7-5-12)21(19,20)16-8-2-10-17-9-1-3-14(17)18/h4-7,16H,1-3,8-11H2. The summed E-state index contributed by atoms with van der Waals surface area (Å²) < 4.78 is 26.8. The third-order valence-corrected chi connectivity index (χ3v) is 5.58. The maximum Gasteiger partial charge on any atom is 0.240 e. The first kappa shape index (κ1) is 16.5. The van der Waals surface area contributed by atoms with Crippen LogP contribution in [0.15, 0.2) is 29.2 Å². The largest absolute Gasteiger partial charge is 0.343 e. The summed E-state index contributed by atoms with van der Waals surface area (Å²) in [5.74, 6) is 0.170. The van der Waals surface area contributed by atoms with E-state index in [-0.39, 0.29) is 10.8 Å². The Balaban J connectivity index is 1.81. The van der Waals surface area contributed by atoms with Crippen molar-refractivity contribution >= 4 is 31.9 Å². The first-order chi connectivity index (χ1) is 10.0. The molecule has 0 radical (unpaired) electrons. The van der Waals surface area contributed by atoms with Gasteiger partial charge in [0, 0.05) is 31.4 Å². The zero-order valence-corrected chi connectivity index (χ0v) is 14.1. The highest BCUT2D eigenvalue weighted by atomic mass is 79.9. The van der Waals surface area contributed by atoms with Crippen LogP contribution in [0.3, 0.4) is 0 Å². The summed E-state index contributed by atoms with van der Waals surface area (Å²) in [6, 6.07) is 6.77. The molecule has 0 aliphatic carbocycles. The lowest BCUT2D eigenvalue weighted by Crippen LogP contribution is -2.30. The maximum atomic E-state index is 12.1. The van der Waals surface area contributed by atoms with Gasteiger partial charge in [-0.05, 0) is 30.5 Å². The van der Waals surface area contributed by atoms with Gasteiger partial charge in [0.05, 0.1) is 4.90 Å². The van der Waals surface area contributed by atoms with Crippen molar-refractivity contribution in [3.63, 3.8) is 0 Å². The number of carbonyl (C=O) groups excluding carboxylic acids is 1. The van der Waals surface area contributed by atoms with Crippen LogP contribution in [0.25, 0.3) is 0 Å². The van der Waals surface area contributed by atoms with Crippen LogP contribution in [0.5, 0.6) is 0 Å². The van der Waals surface area contributed by atoms with Crippen LogP contribution in [-0.2, 0) is 20.1 Å². The minimum atomic E-state index is -3.46. The van der Waals surface area contributed by atoms with E-state index in [2.05, 4.69) is 20.7 Å². The summed E-state index contributed by atoms with van der Waals surface area (Å²) in [5.41, 5.74) is 1.03. The lowest BCUT2D eigenvalue weighted by molar-refractivity contribution is -0.127. The summed E-state index contributed by atoms with van der Waals surface area (Å²) >= 11 is 3.32. The normalized spacial score (nSPS) is 15.7. The van der Waals surface area contributed by atoms with E-state index < -0.39 is 10.0 Å². The number of carbonyl (C=O) groups is 1. The van der Waals surface area contributed by atoms with Gasteiger partial charge >= 0.3 is 0 Å². The molecule has 0 spiro atoms. The highest BCUT2D eigenvalue weighted by Crippen LogP contribution is 2.13. The zero-order chi connectivity index (χ0) is 15.3. The zero-order valence-electron chi connectivity index (χ0n) is 11.7. The molecule has 1 aromatic rings. The Morgan fingerprint density at radius 2 is 1.95 bits per heavy atom. The van der Waals surface area contributed by atoms with Crippen molar-refractivity contribution in [1.82, 2.24) is 9.62 Å². The highest BCUT2D eigenvalue weighted by Gasteiger charge is 2.19. The summed E-state index contributed by atoms with van der Waals surface area (Å²) in [6.07, 6.45) is 2.15. The SMILES string of the molecule is O=C1CCCN1CCCNS(=O)(=O)c1ccc(CBr)cc1. The molecule has 1 N–H and O–H groups in total. The molecule has 116 valence electrons. The average Bonchev–Trinajstić information content (AvgIpc) is 2.89. The number of benzene rings is 1. The van der Waals surface area contributed by atoms with Crippen LogP contribution in [0.4, 0.5) is 0 Å². The first-order valence-electron chi connectivity index (χ1n) is 6.95. The number of rotatable bonds is 7. The van der Waals surface area contributed by atoms with Crippen LogP contribution >= 0.6 is 15.9 Å². The number of sulfonamides is 1. The first-order valence-corrected chi connectivity index (χ1v) is 9.56. The maximum absolute atomic E-state index is 12.1. The minimum absolute atomic E-state index is 0.170. The van der Waals surface area contributed by atoms with Gasteiger partial charge in [-0.3, -0.25) is 4.79 Å². The fourth-order valence-corrected chi connectivity index (χ4v) is 3.71. The fourth-order valence-electron chi connectivity index (χ4n) is 2.26. The van der Waals surface area contributed by atoms with Gasteiger partial charge in [-0.1, -0.05) is 28.1 Å². The minimum Gasteiger partial charge on any atom is -0.343 e. The Bertz CT molecular complexity index is 587. The van der Waals surface area contributed by atoms with Crippen molar-refractivity contribution < 1.29 is 13.2 Å². The summed E-state index contributed by atoms with van der Waals surface area (Å²) in [7, 11) is -3.46. The highest BCUT2D eigenvalue weighted by molar-refractivity contribution is 9.08. The molecule has 0 saturated carbocycles. The van der Waals surface area contributed by atoms with Gasteiger partial charge in [0.15, 0.2) is 0 Å². The second-order valence-electron chi connectivity index (χ2n) is 5.01. The summed E-state index contributed by atoms with van der Waals surface area (Å²) in [5, 5.41) is 0.699. The van der Waals surface area contributed by atoms with Crippen molar-refractivity contribution in [1.29, 1.82) is 0 Å². The van der Waals surface area contributed by atoms with E-state index in [1.165, 1.54) is 0 Å². The van der Waals surface area contributed by atoms with E-state index in [1.807, 2.05) is 0 Å². The molecular weight excluding hydrogens is 356 g/mol. The van der Waals surface area contributed by atoms with Crippen LogP contribution in [0, 0.1) is 0 Å². The van der Waals surface area contributed by atoms with E-state index in [0.29, 0.717) is 31.3 Å². The smallest absolute Gasteiger partial charge is 0.240 e. The van der Waals surface area contributed by atoms with E-state index in [4.69, 9.17) is 0 Å². The molecule has 1 amide bonds. The molecule has 0 unspecified atom stereocenters. The molecule has 1 heterocycles. The Kier molecular flexibility index (Phi) is 5.78. The van der Waals surface area contributed by atoms with E-state index >= 15 is 0 Å². The third-order valence-electron chi connectivity index (χ3n) is 3.46. The number of alkyl halides is 1. The Labute approximate surface area is 133 Å². The van der Waals surface area contributed by atoms with Gasteiger partial charge in [0.1, 0.15) is 0 Å². The molecular formula is C14H19BrN2O3S. The molecule has 7 heteroatoms. The van der Waals surface area contributed by atoms with E-state index in [1.54, 1.807) is 29.2 Å². The second kappa shape index (κ2) is 7.38. The number of amides is 1. The number of halogens is 1. The monoisotopic (exact) mass is 374 g/mol.